The van der Waals surface area contributed by atoms with Crippen molar-refractivity contribution in [2.24, 2.45) is 0 Å². The molecule has 0 atom stereocenters. The summed E-state index contributed by atoms with van der Waals surface area (Å²) in [4.78, 5) is 11.7. The van der Waals surface area contributed by atoms with Crippen LogP contribution in [-0.2, 0) is 9.84 Å². The first kappa shape index (κ1) is 14.8. The molecule has 0 aliphatic rings. The third-order valence-electron chi connectivity index (χ3n) is 2.51. The number of carbonyl (C=O) groups is 1. The Balaban J connectivity index is 2.67. The smallest absolute Gasteiger partial charge is 0.282 e. The van der Waals surface area contributed by atoms with Crippen molar-refractivity contribution in [2.75, 3.05) is 25.2 Å². The first-order chi connectivity index (χ1) is 8.17. The zero-order valence-corrected chi connectivity index (χ0v) is 12.3. The van der Waals surface area contributed by atoms with Gasteiger partial charge < -0.3 is 10.6 Å². The van der Waals surface area contributed by atoms with Crippen molar-refractivity contribution in [3.63, 3.8) is 0 Å². The van der Waals surface area contributed by atoms with E-state index in [1.807, 2.05) is 0 Å². The zero-order valence-electron chi connectivity index (χ0n) is 10.6. The Morgan fingerprint density at radius 2 is 2.00 bits per heavy atom. The zero-order chi connectivity index (χ0) is 14.0. The van der Waals surface area contributed by atoms with E-state index in [1.54, 1.807) is 20.9 Å². The second-order valence-electron chi connectivity index (χ2n) is 4.38. The van der Waals surface area contributed by atoms with Gasteiger partial charge in [0.1, 0.15) is 0 Å². The van der Waals surface area contributed by atoms with Gasteiger partial charge in [-0.2, -0.15) is 0 Å². The van der Waals surface area contributed by atoms with Crippen molar-refractivity contribution in [1.29, 1.82) is 0 Å². The molecule has 1 aromatic heterocycles. The van der Waals surface area contributed by atoms with Crippen molar-refractivity contribution in [3.8, 4) is 0 Å². The van der Waals surface area contributed by atoms with Crippen LogP contribution in [0.25, 0.3) is 0 Å². The minimum absolute atomic E-state index is 0.0269. The molecule has 0 fully saturated rings. The van der Waals surface area contributed by atoms with E-state index in [4.69, 9.17) is 0 Å². The van der Waals surface area contributed by atoms with E-state index >= 15 is 0 Å². The summed E-state index contributed by atoms with van der Waals surface area (Å²) in [5, 5.41) is 13.5. The molecule has 0 aromatic carbocycles. The summed E-state index contributed by atoms with van der Waals surface area (Å²) in [6.07, 6.45) is 1.14. The van der Waals surface area contributed by atoms with Gasteiger partial charge in [0.25, 0.3) is 5.91 Å². The van der Waals surface area contributed by atoms with E-state index in [0.29, 0.717) is 5.13 Å². The molecule has 0 saturated heterocycles. The maximum atomic E-state index is 11.7. The molecule has 102 valence electrons. The number of anilines is 1. The average molecular weight is 292 g/mol. The van der Waals surface area contributed by atoms with Crippen LogP contribution in [0.15, 0.2) is 0 Å². The van der Waals surface area contributed by atoms with Crippen molar-refractivity contribution in [1.82, 2.24) is 15.5 Å². The molecule has 2 N–H and O–H groups in total. The summed E-state index contributed by atoms with van der Waals surface area (Å²) in [6.45, 7) is 3.14. The van der Waals surface area contributed by atoms with Crippen LogP contribution >= 0.6 is 11.3 Å². The number of carbonyl (C=O) groups excluding carboxylic acids is 1. The van der Waals surface area contributed by atoms with Gasteiger partial charge in [0.05, 0.1) is 4.75 Å². The average Bonchev–Trinajstić information content (AvgIpc) is 2.73. The molecular formula is C9H16N4O3S2. The van der Waals surface area contributed by atoms with Crippen LogP contribution < -0.4 is 10.6 Å². The SMILES string of the molecule is CNc1nnc(C(=O)NCC(C)(C)S(C)(=O)=O)s1. The Morgan fingerprint density at radius 3 is 2.44 bits per heavy atom. The van der Waals surface area contributed by atoms with Gasteiger partial charge in [-0.05, 0) is 13.8 Å². The molecule has 7 nitrogen and oxygen atoms in total. The maximum absolute atomic E-state index is 11.7. The largest absolute Gasteiger partial charge is 0.363 e. The lowest BCUT2D eigenvalue weighted by Crippen LogP contribution is -2.43. The van der Waals surface area contributed by atoms with Gasteiger partial charge in [-0.25, -0.2) is 8.42 Å². The Kier molecular flexibility index (Phi) is 4.28. The van der Waals surface area contributed by atoms with Crippen LogP contribution in [0.3, 0.4) is 0 Å². The summed E-state index contributed by atoms with van der Waals surface area (Å²) in [5.74, 6) is -0.425. The van der Waals surface area contributed by atoms with Gasteiger partial charge in [0.2, 0.25) is 10.1 Å². The fourth-order valence-electron chi connectivity index (χ4n) is 0.916. The highest BCUT2D eigenvalue weighted by molar-refractivity contribution is 7.92. The van der Waals surface area contributed by atoms with Gasteiger partial charge in [-0.15, -0.1) is 10.2 Å². The number of hydrogen-bond donors (Lipinski definition) is 2. The van der Waals surface area contributed by atoms with Crippen LogP contribution in [-0.4, -0.2) is 49.1 Å². The molecule has 18 heavy (non-hydrogen) atoms. The van der Waals surface area contributed by atoms with E-state index in [1.165, 1.54) is 0 Å². The highest BCUT2D eigenvalue weighted by Crippen LogP contribution is 2.16. The molecule has 1 aromatic rings. The van der Waals surface area contributed by atoms with Crippen LogP contribution in [0.5, 0.6) is 0 Å². The molecule has 1 amide bonds. The minimum atomic E-state index is -3.24. The highest BCUT2D eigenvalue weighted by atomic mass is 32.2. The first-order valence-electron chi connectivity index (χ1n) is 5.16. The highest BCUT2D eigenvalue weighted by Gasteiger charge is 2.31. The fraction of sp³-hybridized carbons (Fsp3) is 0.667. The summed E-state index contributed by atoms with van der Waals surface area (Å²) in [6, 6.07) is 0. The Hall–Kier alpha value is -1.22. The Labute approximate surface area is 110 Å². The van der Waals surface area contributed by atoms with E-state index in [9.17, 15) is 13.2 Å². The third kappa shape index (κ3) is 3.39. The van der Waals surface area contributed by atoms with Gasteiger partial charge in [0, 0.05) is 19.8 Å². The fourth-order valence-corrected chi connectivity index (χ4v) is 1.86. The third-order valence-corrected chi connectivity index (χ3v) is 5.60. The first-order valence-corrected chi connectivity index (χ1v) is 7.87. The minimum Gasteiger partial charge on any atom is -0.363 e. The number of amides is 1. The number of rotatable bonds is 5. The van der Waals surface area contributed by atoms with Crippen LogP contribution in [0.1, 0.15) is 23.6 Å². The lowest BCUT2D eigenvalue weighted by molar-refractivity contribution is 0.0949. The molecule has 1 heterocycles. The molecular weight excluding hydrogens is 276 g/mol. The van der Waals surface area contributed by atoms with Gasteiger partial charge >= 0.3 is 0 Å². The molecule has 0 saturated carbocycles. The predicted molar refractivity (Wildman–Crippen MR) is 70.7 cm³/mol. The molecule has 0 spiro atoms. The Bertz CT molecular complexity index is 536. The number of sulfone groups is 1. The molecule has 0 unspecified atom stereocenters. The van der Waals surface area contributed by atoms with Crippen molar-refractivity contribution >= 4 is 32.2 Å². The number of nitrogens with zero attached hydrogens (tertiary/aromatic N) is 2. The molecule has 0 radical (unpaired) electrons. The van der Waals surface area contributed by atoms with E-state index in [2.05, 4.69) is 20.8 Å². The van der Waals surface area contributed by atoms with Crippen molar-refractivity contribution < 1.29 is 13.2 Å². The topological polar surface area (TPSA) is 101 Å². The van der Waals surface area contributed by atoms with Crippen LogP contribution in [0.4, 0.5) is 5.13 Å². The predicted octanol–water partition coefficient (Wildman–Crippen LogP) is 0.133. The van der Waals surface area contributed by atoms with Gasteiger partial charge in [-0.1, -0.05) is 11.3 Å². The Morgan fingerprint density at radius 1 is 1.39 bits per heavy atom. The number of nitrogens with one attached hydrogen (secondary N) is 2. The number of hydrogen-bond acceptors (Lipinski definition) is 7. The lowest BCUT2D eigenvalue weighted by atomic mass is 10.2. The monoisotopic (exact) mass is 292 g/mol. The molecule has 0 bridgehead atoms. The lowest BCUT2D eigenvalue weighted by Gasteiger charge is -2.22. The molecule has 9 heteroatoms. The van der Waals surface area contributed by atoms with Crippen LogP contribution in [0, 0.1) is 0 Å². The molecule has 0 aliphatic heterocycles. The van der Waals surface area contributed by atoms with E-state index in [-0.39, 0.29) is 11.6 Å². The second-order valence-corrected chi connectivity index (χ2v) is 8.00. The quantitative estimate of drug-likeness (QED) is 0.800. The number of aromatic nitrogens is 2. The maximum Gasteiger partial charge on any atom is 0.282 e. The summed E-state index contributed by atoms with van der Waals surface area (Å²) in [5.41, 5.74) is 0. The summed E-state index contributed by atoms with van der Waals surface area (Å²) < 4.78 is 21.9. The standard InChI is InChI=1S/C9H16N4O3S2/c1-9(2,18(4,15)16)5-11-6(14)7-12-13-8(10-3)17-7/h5H2,1-4H3,(H,10,13)(H,11,14). The summed E-state index contributed by atoms with van der Waals surface area (Å²) in [7, 11) is -1.56. The molecule has 1 rings (SSSR count). The van der Waals surface area contributed by atoms with E-state index in [0.717, 1.165) is 17.6 Å². The van der Waals surface area contributed by atoms with E-state index < -0.39 is 20.5 Å². The van der Waals surface area contributed by atoms with Gasteiger partial charge in [0.15, 0.2) is 9.84 Å². The second kappa shape index (κ2) is 5.19. The van der Waals surface area contributed by atoms with Crippen LogP contribution in [0.2, 0.25) is 0 Å². The van der Waals surface area contributed by atoms with Crippen molar-refractivity contribution in [3.05, 3.63) is 5.01 Å². The van der Waals surface area contributed by atoms with Crippen molar-refractivity contribution in [2.45, 2.75) is 18.6 Å². The molecule has 0 aliphatic carbocycles. The summed E-state index contributed by atoms with van der Waals surface area (Å²) >= 11 is 1.10. The van der Waals surface area contributed by atoms with Gasteiger partial charge in [-0.3, -0.25) is 4.79 Å². The normalized spacial score (nSPS) is 12.2.